The molecule has 0 aliphatic rings. The molecule has 1 aromatic carbocycles. The van der Waals surface area contributed by atoms with Crippen molar-refractivity contribution in [1.29, 1.82) is 5.26 Å². The van der Waals surface area contributed by atoms with Crippen molar-refractivity contribution in [2.24, 2.45) is 0 Å². The highest BCUT2D eigenvalue weighted by molar-refractivity contribution is 5.95. The average Bonchev–Trinajstić information content (AvgIpc) is 2.91. The first kappa shape index (κ1) is 14.8. The maximum atomic E-state index is 12.2. The maximum absolute atomic E-state index is 12.2. The molecule has 0 aliphatic carbocycles. The second kappa shape index (κ2) is 6.25. The number of nitrogens with one attached hydrogen (secondary N) is 1. The molecule has 0 unspecified atom stereocenters. The van der Waals surface area contributed by atoms with E-state index in [0.29, 0.717) is 12.2 Å². The van der Waals surface area contributed by atoms with E-state index in [0.717, 1.165) is 11.3 Å². The largest absolute Gasteiger partial charge is 0.311 e. The zero-order valence-electron chi connectivity index (χ0n) is 12.3. The van der Waals surface area contributed by atoms with Crippen LogP contribution in [0.3, 0.4) is 0 Å². The van der Waals surface area contributed by atoms with Crippen LogP contribution >= 0.6 is 0 Å². The first-order valence-electron chi connectivity index (χ1n) is 6.69. The number of benzene rings is 1. The van der Waals surface area contributed by atoms with Crippen molar-refractivity contribution < 1.29 is 9.63 Å². The van der Waals surface area contributed by atoms with Gasteiger partial charge in [0.2, 0.25) is 0 Å². The van der Waals surface area contributed by atoms with Crippen molar-refractivity contribution >= 4 is 5.91 Å². The highest BCUT2D eigenvalue weighted by Gasteiger charge is 2.18. The lowest BCUT2D eigenvalue weighted by Crippen LogP contribution is -2.26. The van der Waals surface area contributed by atoms with Crippen LogP contribution in [0.2, 0.25) is 0 Å². The molecule has 1 aromatic heterocycles. The Balaban J connectivity index is 2.49. The molecule has 0 atom stereocenters. The van der Waals surface area contributed by atoms with Gasteiger partial charge in [0.05, 0.1) is 12.2 Å². The van der Waals surface area contributed by atoms with Gasteiger partial charge in [0.25, 0.3) is 5.91 Å². The number of aromatic nitrogens is 1. The minimum atomic E-state index is -0.434. The minimum Gasteiger partial charge on any atom is -0.311 e. The summed E-state index contributed by atoms with van der Waals surface area (Å²) < 4.78 is 1.69. The lowest BCUT2D eigenvalue weighted by Gasteiger charge is -2.11. The third kappa shape index (κ3) is 2.96. The van der Waals surface area contributed by atoms with Gasteiger partial charge in [-0.05, 0) is 50.1 Å². The molecule has 0 radical (unpaired) electrons. The molecular weight excluding hydrogens is 266 g/mol. The van der Waals surface area contributed by atoms with E-state index in [-0.39, 0.29) is 5.69 Å². The van der Waals surface area contributed by atoms with Gasteiger partial charge in [0, 0.05) is 11.9 Å². The van der Waals surface area contributed by atoms with Gasteiger partial charge in [-0.15, -0.1) is 0 Å². The van der Waals surface area contributed by atoms with Crippen molar-refractivity contribution in [3.05, 3.63) is 52.8 Å². The normalized spacial score (nSPS) is 10.2. The summed E-state index contributed by atoms with van der Waals surface area (Å²) in [6, 6.07) is 9.54. The highest BCUT2D eigenvalue weighted by Crippen LogP contribution is 2.19. The summed E-state index contributed by atoms with van der Waals surface area (Å²) in [5.41, 5.74) is 6.05. The quantitative estimate of drug-likeness (QED) is 0.877. The van der Waals surface area contributed by atoms with Crippen molar-refractivity contribution in [2.75, 3.05) is 6.61 Å². The second-order valence-electron chi connectivity index (χ2n) is 4.69. The SMILES string of the molecule is CCONC(=O)c1c(C#N)ccn1-c1ccc(C)c(C)c1. The Bertz CT molecular complexity index is 711. The molecule has 0 saturated carbocycles. The summed E-state index contributed by atoms with van der Waals surface area (Å²) in [6.45, 7) is 6.16. The number of carbonyl (C=O) groups is 1. The first-order chi connectivity index (χ1) is 10.1. The third-order valence-corrected chi connectivity index (χ3v) is 3.30. The Morgan fingerprint density at radius 1 is 1.33 bits per heavy atom. The van der Waals surface area contributed by atoms with Gasteiger partial charge < -0.3 is 4.57 Å². The van der Waals surface area contributed by atoms with Crippen LogP contribution in [0.25, 0.3) is 5.69 Å². The van der Waals surface area contributed by atoms with E-state index in [1.807, 2.05) is 38.1 Å². The zero-order valence-corrected chi connectivity index (χ0v) is 12.3. The van der Waals surface area contributed by atoms with Crippen LogP contribution in [0.15, 0.2) is 30.5 Å². The number of hydrogen-bond donors (Lipinski definition) is 1. The van der Waals surface area contributed by atoms with E-state index in [4.69, 9.17) is 10.1 Å². The van der Waals surface area contributed by atoms with Gasteiger partial charge in [-0.2, -0.15) is 5.26 Å². The third-order valence-electron chi connectivity index (χ3n) is 3.30. The Morgan fingerprint density at radius 2 is 2.10 bits per heavy atom. The Kier molecular flexibility index (Phi) is 4.41. The lowest BCUT2D eigenvalue weighted by atomic mass is 10.1. The van der Waals surface area contributed by atoms with Gasteiger partial charge in [0.15, 0.2) is 0 Å². The van der Waals surface area contributed by atoms with Gasteiger partial charge in [-0.25, -0.2) is 5.48 Å². The standard InChI is InChI=1S/C16H17N3O2/c1-4-21-18-16(20)15-13(10-17)7-8-19(15)14-6-5-11(2)12(3)9-14/h5-9H,4H2,1-3H3,(H,18,20). The molecule has 0 fully saturated rings. The Labute approximate surface area is 123 Å². The molecule has 0 saturated heterocycles. The maximum Gasteiger partial charge on any atom is 0.293 e. The number of carbonyl (C=O) groups excluding carboxylic acids is 1. The second-order valence-corrected chi connectivity index (χ2v) is 4.69. The van der Waals surface area contributed by atoms with Crippen LogP contribution in [0, 0.1) is 25.2 Å². The van der Waals surface area contributed by atoms with Crippen LogP contribution in [-0.4, -0.2) is 17.1 Å². The fourth-order valence-electron chi connectivity index (χ4n) is 2.03. The summed E-state index contributed by atoms with van der Waals surface area (Å²) >= 11 is 0. The van der Waals surface area contributed by atoms with E-state index in [1.54, 1.807) is 23.8 Å². The van der Waals surface area contributed by atoms with E-state index in [2.05, 4.69) is 5.48 Å². The summed E-state index contributed by atoms with van der Waals surface area (Å²) in [5, 5.41) is 9.17. The number of nitriles is 1. The number of aryl methyl sites for hydroxylation is 2. The van der Waals surface area contributed by atoms with Crippen LogP contribution in [0.5, 0.6) is 0 Å². The van der Waals surface area contributed by atoms with Crippen molar-refractivity contribution in [3.8, 4) is 11.8 Å². The van der Waals surface area contributed by atoms with Crippen LogP contribution in [-0.2, 0) is 4.84 Å². The van der Waals surface area contributed by atoms with E-state index in [9.17, 15) is 4.79 Å². The molecule has 5 nitrogen and oxygen atoms in total. The monoisotopic (exact) mass is 283 g/mol. The van der Waals surface area contributed by atoms with Crippen molar-refractivity contribution in [3.63, 3.8) is 0 Å². The number of nitrogens with zero attached hydrogens (tertiary/aromatic N) is 2. The molecule has 1 N–H and O–H groups in total. The predicted octanol–water partition coefficient (Wildman–Crippen LogP) is 2.65. The van der Waals surface area contributed by atoms with Crippen molar-refractivity contribution in [1.82, 2.24) is 10.0 Å². The topological polar surface area (TPSA) is 67.0 Å². The van der Waals surface area contributed by atoms with Crippen LogP contribution < -0.4 is 5.48 Å². The van der Waals surface area contributed by atoms with Crippen LogP contribution in [0.4, 0.5) is 0 Å². The van der Waals surface area contributed by atoms with Crippen LogP contribution in [0.1, 0.15) is 34.1 Å². The molecule has 2 rings (SSSR count). The lowest BCUT2D eigenvalue weighted by molar-refractivity contribution is 0.0358. The summed E-state index contributed by atoms with van der Waals surface area (Å²) in [4.78, 5) is 17.1. The predicted molar refractivity (Wildman–Crippen MR) is 79.1 cm³/mol. The molecule has 0 spiro atoms. The summed E-state index contributed by atoms with van der Waals surface area (Å²) in [6.07, 6.45) is 1.71. The van der Waals surface area contributed by atoms with E-state index >= 15 is 0 Å². The number of hydrogen-bond acceptors (Lipinski definition) is 3. The summed E-state index contributed by atoms with van der Waals surface area (Å²) in [7, 11) is 0. The molecule has 1 heterocycles. The molecule has 5 heteroatoms. The average molecular weight is 283 g/mol. The molecule has 108 valence electrons. The fourth-order valence-corrected chi connectivity index (χ4v) is 2.03. The molecule has 21 heavy (non-hydrogen) atoms. The minimum absolute atomic E-state index is 0.272. The fraction of sp³-hybridized carbons (Fsp3) is 0.250. The van der Waals surface area contributed by atoms with E-state index in [1.165, 1.54) is 5.56 Å². The Hall–Kier alpha value is -2.58. The number of amides is 1. The molecule has 0 aliphatic heterocycles. The Morgan fingerprint density at radius 3 is 2.71 bits per heavy atom. The molecule has 1 amide bonds. The highest BCUT2D eigenvalue weighted by atomic mass is 16.6. The van der Waals surface area contributed by atoms with Crippen molar-refractivity contribution in [2.45, 2.75) is 20.8 Å². The number of hydroxylamine groups is 1. The first-order valence-corrected chi connectivity index (χ1v) is 6.69. The smallest absolute Gasteiger partial charge is 0.293 e. The molecule has 2 aromatic rings. The summed E-state index contributed by atoms with van der Waals surface area (Å²) in [5.74, 6) is -0.434. The molecule has 0 bridgehead atoms. The zero-order chi connectivity index (χ0) is 15.4. The number of rotatable bonds is 4. The van der Waals surface area contributed by atoms with Gasteiger partial charge in [0.1, 0.15) is 11.8 Å². The van der Waals surface area contributed by atoms with E-state index < -0.39 is 5.91 Å². The van der Waals surface area contributed by atoms with Gasteiger partial charge >= 0.3 is 0 Å². The van der Waals surface area contributed by atoms with Gasteiger partial charge in [-0.3, -0.25) is 9.63 Å². The van der Waals surface area contributed by atoms with Gasteiger partial charge in [-0.1, -0.05) is 6.07 Å². The molecular formula is C16H17N3O2.